The van der Waals surface area contributed by atoms with Crippen molar-refractivity contribution in [3.63, 3.8) is 0 Å². The average Bonchev–Trinajstić information content (AvgIpc) is 1.54. The number of aliphatic imine (C=N–C) groups is 1. The van der Waals surface area contributed by atoms with Crippen LogP contribution in [0.2, 0.25) is 0 Å². The first-order chi connectivity index (χ1) is 71.8. The first kappa shape index (κ1) is 112. The lowest BCUT2D eigenvalue weighted by molar-refractivity contribution is -0.129. The number of H-pyrrole nitrogens is 2. The van der Waals surface area contributed by atoms with E-state index in [0.717, 1.165) is 116 Å². The highest BCUT2D eigenvalue weighted by atomic mass is 32.2. The number of likely N-dealkylation sites (tertiary alicyclic amines) is 1. The van der Waals surface area contributed by atoms with Crippen LogP contribution in [-0.4, -0.2) is 151 Å². The molecule has 2 aliphatic carbocycles. The minimum atomic E-state index is -3.69. The Balaban J connectivity index is 0.000000150. The Labute approximate surface area is 878 Å². The summed E-state index contributed by atoms with van der Waals surface area (Å²) in [6.45, 7) is 26.6. The number of piperidine rings is 1. The second kappa shape index (κ2) is 54.6. The minimum absolute atomic E-state index is 0.00902. The van der Waals surface area contributed by atoms with E-state index in [1.807, 2.05) is 190 Å². The number of aryl methyl sites for hydroxylation is 5. The van der Waals surface area contributed by atoms with Crippen molar-refractivity contribution >= 4 is 124 Å². The number of hydroxylamine groups is 1. The number of thiophene rings is 1. The number of thioether (sulfide) groups is 1. The number of aromatic nitrogens is 3. The Morgan fingerprint density at radius 2 is 1.36 bits per heavy atom. The third-order valence-corrected chi connectivity index (χ3v) is 30.2. The van der Waals surface area contributed by atoms with Gasteiger partial charge in [0.15, 0.2) is 22.4 Å². The smallest absolute Gasteiger partial charge is 0.292 e. The Bertz CT molecular complexity index is 6960. The maximum Gasteiger partial charge on any atom is 0.292 e. The molecular formula is C117H133FN12O16S3. The van der Waals surface area contributed by atoms with Crippen LogP contribution < -0.4 is 51.6 Å². The number of nitrogens with one attached hydrogen (secondary N) is 9. The first-order valence-electron chi connectivity index (χ1n) is 50.6. The van der Waals surface area contributed by atoms with Crippen molar-refractivity contribution in [3.8, 4) is 28.5 Å². The fourth-order valence-corrected chi connectivity index (χ4v) is 21.8. The van der Waals surface area contributed by atoms with Gasteiger partial charge >= 0.3 is 0 Å². The maximum atomic E-state index is 13.7. The van der Waals surface area contributed by atoms with Crippen LogP contribution in [0.15, 0.2) is 240 Å². The number of halogens is 1. The quantitative estimate of drug-likeness (QED) is 0.0118. The second-order valence-electron chi connectivity index (χ2n) is 38.5. The van der Waals surface area contributed by atoms with E-state index in [1.165, 1.54) is 110 Å². The summed E-state index contributed by atoms with van der Waals surface area (Å²) >= 11 is 2.65. The molecular weight excluding hydrogens is 1940 g/mol. The SMILES string of the molecule is CC(C)c1ccc(NC(=O)CSC(=O)c2ccccc2)cc1.CCCOc1ccc(-c2cc(C(=O)NO)[nH]n2)cc1C.COc1cccc(CNC(=O)C2CC(C)C(C(=O)NC3CCCCC3)C2C)c1.Cc1cc(C)c2cc(C(=O)NCCN3CCCCC3)[nH]c2c1.Cc1cc(C)cc(CS(=O)(=O)c2ccc3c(c2)C(=O)C(C(=O)NCc2ccccc2)C=N3)c1.O=C(NCc1csc2ccccc12)c1cc(F)cc2c1OCOC2. The number of anilines is 1. The molecule has 3 fully saturated rings. The summed E-state index contributed by atoms with van der Waals surface area (Å²) in [6, 6.07) is 68.2. The second-order valence-corrected chi connectivity index (χ2v) is 42.3. The van der Waals surface area contributed by atoms with E-state index in [0.29, 0.717) is 77.7 Å². The van der Waals surface area contributed by atoms with Crippen molar-refractivity contribution in [2.24, 2.45) is 34.6 Å². The van der Waals surface area contributed by atoms with Gasteiger partial charge in [-0.1, -0.05) is 211 Å². The van der Waals surface area contributed by atoms with E-state index in [2.05, 4.69) is 118 Å². The molecule has 3 aromatic heterocycles. The number of carbonyl (C=O) groups excluding carboxylic acids is 9. The van der Waals surface area contributed by atoms with E-state index >= 15 is 0 Å². The summed E-state index contributed by atoms with van der Waals surface area (Å²) in [4.78, 5) is 121. The molecule has 13 aromatic rings. The molecule has 0 bridgehead atoms. The van der Waals surface area contributed by atoms with Crippen LogP contribution in [0.5, 0.6) is 17.2 Å². The van der Waals surface area contributed by atoms with E-state index in [1.54, 1.807) is 42.1 Å². The van der Waals surface area contributed by atoms with Crippen LogP contribution in [0.3, 0.4) is 0 Å². The van der Waals surface area contributed by atoms with Crippen molar-refractivity contribution < 1.29 is 80.1 Å². The number of sulfone groups is 1. The van der Waals surface area contributed by atoms with Gasteiger partial charge in [-0.3, -0.25) is 58.4 Å². The van der Waals surface area contributed by atoms with Crippen LogP contribution in [0.4, 0.5) is 15.8 Å². The van der Waals surface area contributed by atoms with Gasteiger partial charge in [0.1, 0.15) is 40.4 Å². The summed E-state index contributed by atoms with van der Waals surface area (Å²) in [5.41, 5.74) is 17.8. The molecule has 3 aliphatic heterocycles. The van der Waals surface area contributed by atoms with E-state index in [9.17, 15) is 56.0 Å². The number of methoxy groups -OCH3 is 1. The van der Waals surface area contributed by atoms with Gasteiger partial charge in [0.2, 0.25) is 28.7 Å². The molecule has 18 rings (SSSR count). The lowest BCUT2D eigenvalue weighted by Gasteiger charge is -2.27. The molecule has 32 heteroatoms. The van der Waals surface area contributed by atoms with Gasteiger partial charge in [0.25, 0.3) is 17.7 Å². The zero-order valence-corrected chi connectivity index (χ0v) is 88.6. The number of nitrogens with zero attached hydrogens (tertiary/aromatic N) is 3. The number of hydrogen-bond acceptors (Lipinski definition) is 21. The summed E-state index contributed by atoms with van der Waals surface area (Å²) in [7, 11) is -2.06. The number of hydrogen-bond donors (Lipinski definition) is 10. The standard InChI is InChI=1S/C26H24N2O4S.C23H34N2O3.C18H14FNO3S.C18H25N3O.C18H19NO2S.C14H17N3O3/c1-17-10-18(2)12-20(11-17)16-33(31,32)21-8-9-24-22(13-21)25(29)23(15-27-24)26(30)28-14-19-6-4-3-5-7-19;1-15-12-20(22(26)24-14-17-8-7-11-19(13-17)28-3)16(2)21(15)23(27)25-18-9-5-4-6-10-18;19-13-5-11-8-22-10-23-17(11)15(6-13)18(21)20-7-12-9-24-16-4-2-1-3-14(12)16;1-13-10-14(2)15-12-17(20-16(15)11-13)18(22)19-6-9-21-7-4-3-5-8-21;1-13(2)14-8-10-16(11-9-14)19-17(20)12-22-18(21)15-6-4-3-5-7-15;1-3-6-20-13-5-4-10(7-9(13)2)11-8-12(16-15-11)14(18)17-19/h3-13,15,23H,14,16H2,1-2H3,(H,28,30);7-8,11,13,15-16,18,20-21H,4-6,9-10,12,14H2,1-3H3,(H,24,26)(H,25,27);1-6,9H,7-8,10H2,(H,20,21);10-12,20H,3-9H2,1-2H3,(H,19,22);3-11,13H,12H2,1-2H3,(H,19,20);4-5,7-8,19H,3,6H2,1-2H3,(H,15,16)(H,17,18). The molecule has 10 aromatic carbocycles. The van der Waals surface area contributed by atoms with Crippen molar-refractivity contribution in [2.45, 2.75) is 182 Å². The molecule has 0 radical (unpaired) electrons. The predicted octanol–water partition coefficient (Wildman–Crippen LogP) is 21.2. The third kappa shape index (κ3) is 31.9. The molecule has 5 unspecified atom stereocenters. The normalized spacial score (nSPS) is 16.1. The summed E-state index contributed by atoms with van der Waals surface area (Å²) in [5.74, 6) is -0.941. The van der Waals surface area contributed by atoms with E-state index < -0.39 is 39.2 Å². The topological polar surface area (TPSA) is 389 Å². The van der Waals surface area contributed by atoms with Gasteiger partial charge < -0.3 is 60.7 Å². The number of amides is 7. The Morgan fingerprint density at radius 3 is 2.07 bits per heavy atom. The molecule has 149 heavy (non-hydrogen) atoms. The van der Waals surface area contributed by atoms with Crippen LogP contribution in [0, 0.1) is 70.0 Å². The van der Waals surface area contributed by atoms with Gasteiger partial charge in [-0.25, -0.2) is 18.3 Å². The highest BCUT2D eigenvalue weighted by Gasteiger charge is 2.46. The van der Waals surface area contributed by atoms with Crippen LogP contribution in [0.1, 0.15) is 218 Å². The van der Waals surface area contributed by atoms with Crippen LogP contribution >= 0.6 is 23.1 Å². The summed E-state index contributed by atoms with van der Waals surface area (Å²) < 4.78 is 62.4. The first-order valence-corrected chi connectivity index (χ1v) is 54.1. The zero-order chi connectivity index (χ0) is 106. The number of ketones is 1. The fourth-order valence-electron chi connectivity index (χ4n) is 18.8. The molecule has 28 nitrogen and oxygen atoms in total. The van der Waals surface area contributed by atoms with Crippen LogP contribution in [-0.2, 0) is 65.7 Å². The third-order valence-electron chi connectivity index (χ3n) is 26.6. The minimum Gasteiger partial charge on any atom is -0.497 e. The maximum absolute atomic E-state index is 13.7. The monoisotopic (exact) mass is 2080 g/mol. The van der Waals surface area contributed by atoms with Crippen molar-refractivity contribution in [3.05, 3.63) is 325 Å². The van der Waals surface area contributed by atoms with E-state index in [-0.39, 0.29) is 111 Å². The molecule has 1 saturated heterocycles. The number of benzene rings is 10. The molecule has 5 aliphatic rings. The zero-order valence-electron chi connectivity index (χ0n) is 86.1. The number of Topliss-reactive ketones (excluding diaryl/α,β-unsaturated/α-hetero) is 1. The fraction of sp³-hybridized carbons (Fsp3) is 0.342. The van der Waals surface area contributed by atoms with E-state index in [4.69, 9.17) is 24.2 Å². The Hall–Kier alpha value is -14.3. The molecule has 5 atom stereocenters. The summed E-state index contributed by atoms with van der Waals surface area (Å²) in [5, 5.41) is 37.1. The van der Waals surface area contributed by atoms with Gasteiger partial charge in [0, 0.05) is 100 Å². The molecule has 10 N–H and O–H groups in total. The predicted molar refractivity (Wildman–Crippen MR) is 584 cm³/mol. The number of carbonyl (C=O) groups is 9. The van der Waals surface area contributed by atoms with Crippen LogP contribution in [0.25, 0.3) is 32.2 Å². The van der Waals surface area contributed by atoms with Gasteiger partial charge in [-0.15, -0.1) is 11.3 Å². The molecule has 6 heterocycles. The number of aromatic amines is 2. The lowest BCUT2D eigenvalue weighted by Crippen LogP contribution is -2.43. The highest BCUT2D eigenvalue weighted by Crippen LogP contribution is 2.43. The average molecular weight is 2080 g/mol. The van der Waals surface area contributed by atoms with Crippen molar-refractivity contribution in [1.29, 1.82) is 0 Å². The number of rotatable bonds is 29. The Morgan fingerprint density at radius 1 is 0.658 bits per heavy atom. The van der Waals surface area contributed by atoms with Gasteiger partial charge in [-0.2, -0.15) is 5.10 Å². The van der Waals surface area contributed by atoms with Crippen molar-refractivity contribution in [1.82, 2.24) is 52.1 Å². The lowest BCUT2D eigenvalue weighted by atomic mass is 9.87. The summed E-state index contributed by atoms with van der Waals surface area (Å²) in [6.07, 6.45) is 12.8. The Kier molecular flexibility index (Phi) is 41.0. The van der Waals surface area contributed by atoms with Gasteiger partial charge in [-0.05, 0) is 256 Å². The van der Waals surface area contributed by atoms with Crippen molar-refractivity contribution in [2.75, 3.05) is 57.8 Å². The largest absolute Gasteiger partial charge is 0.497 e. The molecule has 7 amide bonds. The molecule has 2 saturated carbocycles. The highest BCUT2D eigenvalue weighted by molar-refractivity contribution is 8.14. The van der Waals surface area contributed by atoms with Gasteiger partial charge in [0.05, 0.1) is 53.7 Å². The number of fused-ring (bicyclic) bond motifs is 4. The molecule has 782 valence electrons. The number of ether oxygens (including phenoxy) is 4. The molecule has 0 spiro atoms.